The first-order chi connectivity index (χ1) is 17.8. The summed E-state index contributed by atoms with van der Waals surface area (Å²) in [5, 5.41) is 26.5. The summed E-state index contributed by atoms with van der Waals surface area (Å²) in [6.45, 7) is 0.363. The summed E-state index contributed by atoms with van der Waals surface area (Å²) in [5.41, 5.74) is 3.92. The molecule has 1 heterocycles. The molecular weight excluding hydrogens is 478 g/mol. The zero-order valence-corrected chi connectivity index (χ0v) is 20.4. The van der Waals surface area contributed by atoms with E-state index in [1.165, 1.54) is 31.4 Å². The van der Waals surface area contributed by atoms with Crippen LogP contribution in [0.1, 0.15) is 26.3 Å². The second kappa shape index (κ2) is 10.7. The van der Waals surface area contributed by atoms with E-state index in [2.05, 4.69) is 5.32 Å². The number of methoxy groups -OCH3 is 3. The van der Waals surface area contributed by atoms with E-state index in [1.807, 2.05) is 6.20 Å². The van der Waals surface area contributed by atoms with Gasteiger partial charge in [-0.1, -0.05) is 12.1 Å². The normalized spacial score (nSPS) is 10.6. The number of carboxylic acids is 2. The first kappa shape index (κ1) is 25.1. The summed E-state index contributed by atoms with van der Waals surface area (Å²) in [6, 6.07) is 16.4. The van der Waals surface area contributed by atoms with Crippen LogP contribution < -0.4 is 19.5 Å². The van der Waals surface area contributed by atoms with Crippen molar-refractivity contribution in [2.24, 2.45) is 0 Å². The number of nitrogens with zero attached hydrogens (tertiary/aromatic N) is 2. The van der Waals surface area contributed by atoms with Gasteiger partial charge in [0.05, 0.1) is 43.8 Å². The maximum absolute atomic E-state index is 11.3. The molecule has 0 saturated heterocycles. The topological polar surface area (TPSA) is 132 Å². The molecule has 10 heteroatoms. The summed E-state index contributed by atoms with van der Waals surface area (Å²) < 4.78 is 17.9. The van der Waals surface area contributed by atoms with Crippen molar-refractivity contribution in [3.63, 3.8) is 0 Å². The molecule has 37 heavy (non-hydrogen) atoms. The summed E-state index contributed by atoms with van der Waals surface area (Å²) in [5.74, 6) is -0.542. The Kier molecular flexibility index (Phi) is 7.28. The third-order valence-electron chi connectivity index (χ3n) is 5.72. The first-order valence-electron chi connectivity index (χ1n) is 11.1. The minimum Gasteiger partial charge on any atom is -0.493 e. The number of ether oxygens (including phenoxy) is 3. The van der Waals surface area contributed by atoms with E-state index in [0.717, 1.165) is 16.8 Å². The number of anilines is 1. The Balaban J connectivity index is 1.71. The first-order valence-corrected chi connectivity index (χ1v) is 11.1. The van der Waals surface area contributed by atoms with E-state index in [0.29, 0.717) is 35.2 Å². The van der Waals surface area contributed by atoms with Crippen molar-refractivity contribution < 1.29 is 34.0 Å². The zero-order valence-electron chi connectivity index (χ0n) is 20.4. The molecule has 0 aliphatic carbocycles. The maximum atomic E-state index is 11.3. The molecule has 0 atom stereocenters. The van der Waals surface area contributed by atoms with E-state index < -0.39 is 11.9 Å². The quantitative estimate of drug-likeness (QED) is 0.285. The molecule has 10 nitrogen and oxygen atoms in total. The number of rotatable bonds is 10. The van der Waals surface area contributed by atoms with Crippen molar-refractivity contribution in [2.45, 2.75) is 6.54 Å². The number of carboxylic acid groups (broad SMARTS) is 2. The van der Waals surface area contributed by atoms with Gasteiger partial charge in [-0.25, -0.2) is 14.3 Å². The van der Waals surface area contributed by atoms with Crippen LogP contribution in [0.2, 0.25) is 0 Å². The molecule has 1 aromatic heterocycles. The van der Waals surface area contributed by atoms with Crippen molar-refractivity contribution in [2.75, 3.05) is 26.6 Å². The lowest BCUT2D eigenvalue weighted by atomic mass is 10.1. The third kappa shape index (κ3) is 5.32. The average molecular weight is 504 g/mol. The molecular formula is C27H25N3O7. The fourth-order valence-corrected chi connectivity index (χ4v) is 3.82. The molecule has 190 valence electrons. The highest BCUT2D eigenvalue weighted by atomic mass is 16.5. The predicted molar refractivity (Wildman–Crippen MR) is 136 cm³/mol. The molecule has 0 aliphatic heterocycles. The average Bonchev–Trinajstić information content (AvgIpc) is 3.35. The number of carbonyl (C=O) groups is 2. The van der Waals surface area contributed by atoms with Crippen molar-refractivity contribution in [1.82, 2.24) is 9.78 Å². The van der Waals surface area contributed by atoms with Crippen LogP contribution in [0.5, 0.6) is 17.2 Å². The fourth-order valence-electron chi connectivity index (χ4n) is 3.82. The Morgan fingerprint density at radius 2 is 1.38 bits per heavy atom. The second-order valence-corrected chi connectivity index (χ2v) is 7.95. The van der Waals surface area contributed by atoms with Crippen LogP contribution in [0.4, 0.5) is 5.69 Å². The van der Waals surface area contributed by atoms with Crippen LogP contribution in [0.3, 0.4) is 0 Å². The molecule has 0 radical (unpaired) electrons. The summed E-state index contributed by atoms with van der Waals surface area (Å²) in [4.78, 5) is 22.5. The highest BCUT2D eigenvalue weighted by molar-refractivity contribution is 5.88. The second-order valence-electron chi connectivity index (χ2n) is 7.95. The lowest BCUT2D eigenvalue weighted by molar-refractivity contribution is 0.0686. The number of hydrogen-bond acceptors (Lipinski definition) is 7. The Hall–Kier alpha value is -4.99. The highest BCUT2D eigenvalue weighted by Crippen LogP contribution is 2.40. The molecule has 4 rings (SSSR count). The zero-order chi connectivity index (χ0) is 26.5. The van der Waals surface area contributed by atoms with Crippen LogP contribution >= 0.6 is 0 Å². The summed E-state index contributed by atoms with van der Waals surface area (Å²) in [7, 11) is 4.62. The van der Waals surface area contributed by atoms with Gasteiger partial charge in [-0.3, -0.25) is 0 Å². The van der Waals surface area contributed by atoms with Gasteiger partial charge in [-0.15, -0.1) is 0 Å². The molecule has 4 aromatic rings. The lowest BCUT2D eigenvalue weighted by Crippen LogP contribution is -2.02. The van der Waals surface area contributed by atoms with Gasteiger partial charge in [0.1, 0.15) is 0 Å². The lowest BCUT2D eigenvalue weighted by Gasteiger charge is -2.15. The summed E-state index contributed by atoms with van der Waals surface area (Å²) >= 11 is 0. The SMILES string of the molecule is COc1cc(NCc2cn(-c3ccc(C(=O)O)cc3)nc2-c2ccc(C(=O)O)cc2)cc(OC)c1OC. The van der Waals surface area contributed by atoms with Gasteiger partial charge in [-0.05, 0) is 36.4 Å². The molecule has 0 fully saturated rings. The van der Waals surface area contributed by atoms with Crippen LogP contribution in [-0.2, 0) is 6.54 Å². The van der Waals surface area contributed by atoms with Crippen LogP contribution in [0.15, 0.2) is 66.9 Å². The molecule has 0 spiro atoms. The Morgan fingerprint density at radius 1 is 0.838 bits per heavy atom. The van der Waals surface area contributed by atoms with E-state index in [1.54, 1.807) is 55.3 Å². The fraction of sp³-hybridized carbons (Fsp3) is 0.148. The predicted octanol–water partition coefficient (Wildman–Crippen LogP) is 4.57. The Bertz CT molecular complexity index is 1400. The maximum Gasteiger partial charge on any atom is 0.335 e. The Morgan fingerprint density at radius 3 is 1.86 bits per heavy atom. The van der Waals surface area contributed by atoms with Crippen molar-refractivity contribution in [3.8, 4) is 34.2 Å². The molecule has 0 bridgehead atoms. The number of nitrogens with one attached hydrogen (secondary N) is 1. The smallest absolute Gasteiger partial charge is 0.335 e. The summed E-state index contributed by atoms with van der Waals surface area (Å²) in [6.07, 6.45) is 1.83. The number of benzene rings is 3. The molecule has 0 amide bonds. The monoisotopic (exact) mass is 503 g/mol. The van der Waals surface area contributed by atoms with Crippen molar-refractivity contribution in [3.05, 3.63) is 83.6 Å². The van der Waals surface area contributed by atoms with Crippen LogP contribution in [0.25, 0.3) is 16.9 Å². The van der Waals surface area contributed by atoms with E-state index in [4.69, 9.17) is 19.3 Å². The molecule has 3 N–H and O–H groups in total. The number of hydrogen-bond donors (Lipinski definition) is 3. The van der Waals surface area contributed by atoms with Gasteiger partial charge < -0.3 is 29.7 Å². The molecule has 3 aromatic carbocycles. The van der Waals surface area contributed by atoms with Crippen molar-refractivity contribution in [1.29, 1.82) is 0 Å². The van der Waals surface area contributed by atoms with Gasteiger partial charge in [0.15, 0.2) is 11.5 Å². The van der Waals surface area contributed by atoms with Gasteiger partial charge in [0.25, 0.3) is 0 Å². The van der Waals surface area contributed by atoms with Crippen LogP contribution in [0, 0.1) is 0 Å². The largest absolute Gasteiger partial charge is 0.493 e. The van der Waals surface area contributed by atoms with Gasteiger partial charge >= 0.3 is 11.9 Å². The minimum absolute atomic E-state index is 0.171. The Labute approximate surface area is 212 Å². The molecule has 0 saturated carbocycles. The standard InChI is InChI=1S/C27H25N3O7/c1-35-22-12-20(13-23(36-2)25(22)37-3)28-14-19-15-30(21-10-8-18(9-11-21)27(33)34)29-24(19)16-4-6-17(7-5-16)26(31)32/h4-13,15,28H,14H2,1-3H3,(H,31,32)(H,33,34). The van der Waals surface area contributed by atoms with Crippen molar-refractivity contribution >= 4 is 17.6 Å². The van der Waals surface area contributed by atoms with Gasteiger partial charge in [0.2, 0.25) is 5.75 Å². The van der Waals surface area contributed by atoms with E-state index in [9.17, 15) is 19.8 Å². The van der Waals surface area contributed by atoms with Gasteiger partial charge in [-0.2, -0.15) is 5.10 Å². The molecule has 0 unspecified atom stereocenters. The highest BCUT2D eigenvalue weighted by Gasteiger charge is 2.16. The number of aromatic carboxylic acids is 2. The third-order valence-corrected chi connectivity index (χ3v) is 5.72. The van der Waals surface area contributed by atoms with E-state index in [-0.39, 0.29) is 11.1 Å². The molecule has 0 aliphatic rings. The van der Waals surface area contributed by atoms with E-state index >= 15 is 0 Å². The number of aromatic nitrogens is 2. The van der Waals surface area contributed by atoms with Gasteiger partial charge in [0, 0.05) is 41.7 Å². The minimum atomic E-state index is -1.01. The van der Waals surface area contributed by atoms with Crippen LogP contribution in [-0.4, -0.2) is 53.3 Å².